The summed E-state index contributed by atoms with van der Waals surface area (Å²) in [5.41, 5.74) is 2.54. The molecule has 1 heterocycles. The zero-order valence-corrected chi connectivity index (χ0v) is 10.7. The van der Waals surface area contributed by atoms with Crippen LogP contribution in [0.4, 0.5) is 0 Å². The van der Waals surface area contributed by atoms with Crippen molar-refractivity contribution >= 4 is 22.2 Å². The Balaban J connectivity index is 2.12. The fourth-order valence-electron chi connectivity index (χ4n) is 2.06. The van der Waals surface area contributed by atoms with Crippen LogP contribution >= 0.6 is 15.9 Å². The SMILES string of the molecule is O=CCCc1ccc(C2CCOC2)c(Br)c1. The molecule has 3 heteroatoms. The number of halogens is 1. The fourth-order valence-corrected chi connectivity index (χ4v) is 2.81. The molecule has 0 N–H and O–H groups in total. The number of aldehydes is 1. The third-order valence-electron chi connectivity index (χ3n) is 2.99. The Morgan fingerprint density at radius 1 is 1.50 bits per heavy atom. The van der Waals surface area contributed by atoms with Gasteiger partial charge < -0.3 is 9.53 Å². The van der Waals surface area contributed by atoms with E-state index in [4.69, 9.17) is 4.74 Å². The number of benzene rings is 1. The van der Waals surface area contributed by atoms with E-state index in [1.807, 2.05) is 0 Å². The minimum atomic E-state index is 0.523. The van der Waals surface area contributed by atoms with Crippen LogP contribution in [0.5, 0.6) is 0 Å². The first kappa shape index (κ1) is 11.8. The minimum absolute atomic E-state index is 0.523. The molecule has 2 rings (SSSR count). The Labute approximate surface area is 104 Å². The molecule has 1 unspecified atom stereocenters. The fraction of sp³-hybridized carbons (Fsp3) is 0.462. The van der Waals surface area contributed by atoms with E-state index in [0.717, 1.165) is 36.8 Å². The van der Waals surface area contributed by atoms with Gasteiger partial charge in [-0.25, -0.2) is 0 Å². The molecule has 1 atom stereocenters. The van der Waals surface area contributed by atoms with E-state index >= 15 is 0 Å². The van der Waals surface area contributed by atoms with Crippen LogP contribution < -0.4 is 0 Å². The molecule has 0 bridgehead atoms. The summed E-state index contributed by atoms with van der Waals surface area (Å²) in [5.74, 6) is 0.523. The Kier molecular flexibility index (Phi) is 4.13. The number of hydrogen-bond donors (Lipinski definition) is 0. The van der Waals surface area contributed by atoms with Gasteiger partial charge in [-0.15, -0.1) is 0 Å². The van der Waals surface area contributed by atoms with Gasteiger partial charge in [0.2, 0.25) is 0 Å². The number of hydrogen-bond acceptors (Lipinski definition) is 2. The van der Waals surface area contributed by atoms with Crippen LogP contribution in [0.1, 0.15) is 29.9 Å². The summed E-state index contributed by atoms with van der Waals surface area (Å²) in [6.07, 6.45) is 3.49. The highest BCUT2D eigenvalue weighted by Crippen LogP contribution is 2.31. The topological polar surface area (TPSA) is 26.3 Å². The van der Waals surface area contributed by atoms with Crippen molar-refractivity contribution in [1.82, 2.24) is 0 Å². The van der Waals surface area contributed by atoms with Gasteiger partial charge in [0.05, 0.1) is 6.61 Å². The van der Waals surface area contributed by atoms with E-state index in [2.05, 4.69) is 34.1 Å². The average Bonchev–Trinajstić information content (AvgIpc) is 2.80. The summed E-state index contributed by atoms with van der Waals surface area (Å²) in [7, 11) is 0. The standard InChI is InChI=1S/C13H15BrO2/c14-13-8-10(2-1-6-15)3-4-12(13)11-5-7-16-9-11/h3-4,6,8,11H,1-2,5,7,9H2. The van der Waals surface area contributed by atoms with Crippen LogP contribution in [-0.4, -0.2) is 19.5 Å². The van der Waals surface area contributed by atoms with Gasteiger partial charge >= 0.3 is 0 Å². The summed E-state index contributed by atoms with van der Waals surface area (Å²) in [6, 6.07) is 6.39. The van der Waals surface area contributed by atoms with Crippen molar-refractivity contribution in [3.05, 3.63) is 33.8 Å². The molecule has 1 aliphatic heterocycles. The molecule has 1 aromatic carbocycles. The second kappa shape index (κ2) is 5.60. The van der Waals surface area contributed by atoms with Gasteiger partial charge in [0.1, 0.15) is 6.29 Å². The van der Waals surface area contributed by atoms with Gasteiger partial charge in [0, 0.05) is 23.4 Å². The van der Waals surface area contributed by atoms with Crippen molar-refractivity contribution in [2.75, 3.05) is 13.2 Å². The zero-order valence-electron chi connectivity index (χ0n) is 9.12. The van der Waals surface area contributed by atoms with Gasteiger partial charge in [-0.3, -0.25) is 0 Å². The first-order valence-corrected chi connectivity index (χ1v) is 6.40. The van der Waals surface area contributed by atoms with Crippen molar-refractivity contribution in [1.29, 1.82) is 0 Å². The molecule has 1 fully saturated rings. The highest BCUT2D eigenvalue weighted by molar-refractivity contribution is 9.10. The molecule has 1 aromatic rings. The zero-order chi connectivity index (χ0) is 11.4. The second-order valence-corrected chi connectivity index (χ2v) is 4.98. The van der Waals surface area contributed by atoms with Gasteiger partial charge in [0.15, 0.2) is 0 Å². The average molecular weight is 283 g/mol. The second-order valence-electron chi connectivity index (χ2n) is 4.12. The maximum Gasteiger partial charge on any atom is 0.120 e. The Morgan fingerprint density at radius 3 is 3.00 bits per heavy atom. The van der Waals surface area contributed by atoms with Crippen molar-refractivity contribution in [3.8, 4) is 0 Å². The molecular weight excluding hydrogens is 268 g/mol. The van der Waals surface area contributed by atoms with E-state index in [9.17, 15) is 4.79 Å². The lowest BCUT2D eigenvalue weighted by molar-refractivity contribution is -0.107. The van der Waals surface area contributed by atoms with Crippen LogP contribution in [0.2, 0.25) is 0 Å². The first-order valence-electron chi connectivity index (χ1n) is 5.61. The molecule has 86 valence electrons. The van der Waals surface area contributed by atoms with Crippen LogP contribution in [-0.2, 0) is 16.0 Å². The van der Waals surface area contributed by atoms with Gasteiger partial charge in [0.25, 0.3) is 0 Å². The van der Waals surface area contributed by atoms with E-state index in [1.54, 1.807) is 0 Å². The summed E-state index contributed by atoms with van der Waals surface area (Å²) >= 11 is 3.61. The smallest absolute Gasteiger partial charge is 0.120 e. The maximum atomic E-state index is 10.3. The molecule has 0 aliphatic carbocycles. The minimum Gasteiger partial charge on any atom is -0.381 e. The lowest BCUT2D eigenvalue weighted by Crippen LogP contribution is -1.99. The maximum absolute atomic E-state index is 10.3. The number of aryl methyl sites for hydroxylation is 1. The molecule has 0 spiro atoms. The van der Waals surface area contributed by atoms with E-state index in [-0.39, 0.29) is 0 Å². The number of rotatable bonds is 4. The van der Waals surface area contributed by atoms with Crippen LogP contribution in [0.15, 0.2) is 22.7 Å². The quantitative estimate of drug-likeness (QED) is 0.794. The molecule has 1 saturated heterocycles. The van der Waals surface area contributed by atoms with E-state index < -0.39 is 0 Å². The monoisotopic (exact) mass is 282 g/mol. The number of ether oxygens (including phenoxy) is 1. The highest BCUT2D eigenvalue weighted by atomic mass is 79.9. The van der Waals surface area contributed by atoms with Crippen LogP contribution in [0.25, 0.3) is 0 Å². The highest BCUT2D eigenvalue weighted by Gasteiger charge is 2.19. The molecule has 0 saturated carbocycles. The Bertz CT molecular complexity index is 370. The third-order valence-corrected chi connectivity index (χ3v) is 3.67. The normalized spacial score (nSPS) is 19.9. The van der Waals surface area contributed by atoms with Crippen LogP contribution in [0, 0.1) is 0 Å². The molecule has 16 heavy (non-hydrogen) atoms. The lowest BCUT2D eigenvalue weighted by atomic mass is 9.96. The summed E-state index contributed by atoms with van der Waals surface area (Å²) in [6.45, 7) is 1.69. The van der Waals surface area contributed by atoms with Gasteiger partial charge in [-0.2, -0.15) is 0 Å². The van der Waals surface area contributed by atoms with Crippen molar-refractivity contribution in [3.63, 3.8) is 0 Å². The van der Waals surface area contributed by atoms with E-state index in [1.165, 1.54) is 11.1 Å². The van der Waals surface area contributed by atoms with Gasteiger partial charge in [-0.05, 0) is 30.0 Å². The van der Waals surface area contributed by atoms with Crippen molar-refractivity contribution < 1.29 is 9.53 Å². The van der Waals surface area contributed by atoms with Crippen molar-refractivity contribution in [2.45, 2.75) is 25.2 Å². The summed E-state index contributed by atoms with van der Waals surface area (Å²) < 4.78 is 6.54. The van der Waals surface area contributed by atoms with Crippen LogP contribution in [0.3, 0.4) is 0 Å². The predicted molar refractivity (Wildman–Crippen MR) is 66.7 cm³/mol. The summed E-state index contributed by atoms with van der Waals surface area (Å²) in [5, 5.41) is 0. The molecule has 2 nitrogen and oxygen atoms in total. The first-order chi connectivity index (χ1) is 7.81. The number of carbonyl (C=O) groups excluding carboxylic acids is 1. The lowest BCUT2D eigenvalue weighted by Gasteiger charge is -2.11. The molecule has 1 aliphatic rings. The van der Waals surface area contributed by atoms with Gasteiger partial charge in [-0.1, -0.05) is 28.1 Å². The molecule has 0 radical (unpaired) electrons. The van der Waals surface area contributed by atoms with E-state index in [0.29, 0.717) is 12.3 Å². The Hall–Kier alpha value is -0.670. The molecule has 0 aromatic heterocycles. The predicted octanol–water partition coefficient (Wildman–Crippen LogP) is 3.08. The Morgan fingerprint density at radius 2 is 2.38 bits per heavy atom. The molecule has 0 amide bonds. The largest absolute Gasteiger partial charge is 0.381 e. The molecular formula is C13H15BrO2. The summed E-state index contributed by atoms with van der Waals surface area (Å²) in [4.78, 5) is 10.3. The number of carbonyl (C=O) groups is 1. The third kappa shape index (κ3) is 2.71. The van der Waals surface area contributed by atoms with Crippen molar-refractivity contribution in [2.24, 2.45) is 0 Å².